The van der Waals surface area contributed by atoms with Crippen molar-refractivity contribution >= 4 is 5.84 Å². The molecule has 0 bridgehead atoms. The van der Waals surface area contributed by atoms with Crippen LogP contribution in [0.2, 0.25) is 0 Å². The van der Waals surface area contributed by atoms with Crippen molar-refractivity contribution in [3.05, 3.63) is 65.0 Å². The van der Waals surface area contributed by atoms with Crippen molar-refractivity contribution in [3.63, 3.8) is 0 Å². The van der Waals surface area contributed by atoms with Gasteiger partial charge in [-0.3, -0.25) is 5.41 Å². The number of para-hydroxylation sites is 1. The van der Waals surface area contributed by atoms with Gasteiger partial charge in [0.2, 0.25) is 0 Å². The van der Waals surface area contributed by atoms with Gasteiger partial charge in [-0.25, -0.2) is 4.39 Å². The highest BCUT2D eigenvalue weighted by Crippen LogP contribution is 2.20. The normalized spacial score (nSPS) is 10.3. The summed E-state index contributed by atoms with van der Waals surface area (Å²) in [6.07, 6.45) is 0. The minimum absolute atomic E-state index is 0.126. The number of ether oxygens (including phenoxy) is 1. The smallest absolute Gasteiger partial charge is 0.125 e. The molecule has 0 aromatic heterocycles. The van der Waals surface area contributed by atoms with Crippen molar-refractivity contribution in [3.8, 4) is 5.75 Å². The monoisotopic (exact) mass is 274 g/mol. The lowest BCUT2D eigenvalue weighted by Crippen LogP contribution is -2.15. The third-order valence-electron chi connectivity index (χ3n) is 2.89. The number of nitrogens with two attached hydrogens (primary N) is 1. The minimum Gasteiger partial charge on any atom is -0.489 e. The van der Waals surface area contributed by atoms with Crippen LogP contribution in [0.5, 0.6) is 5.75 Å². The lowest BCUT2D eigenvalue weighted by atomic mass is 10.1. The summed E-state index contributed by atoms with van der Waals surface area (Å²) in [7, 11) is 0. The van der Waals surface area contributed by atoms with Crippen molar-refractivity contribution in [1.29, 1.82) is 5.41 Å². The number of nitrogen functional groups attached to an aromatic ring is 1. The zero-order valence-corrected chi connectivity index (χ0v) is 10.8. The van der Waals surface area contributed by atoms with Crippen molar-refractivity contribution in [1.82, 2.24) is 0 Å². The summed E-state index contributed by atoms with van der Waals surface area (Å²) in [5.74, 6) is -0.109. The van der Waals surface area contributed by atoms with Crippen LogP contribution in [-0.4, -0.2) is 10.9 Å². The van der Waals surface area contributed by atoms with Gasteiger partial charge in [0.05, 0.1) is 6.61 Å². The predicted octanol–water partition coefficient (Wildman–Crippen LogP) is 2.18. The number of aliphatic hydroxyl groups is 1. The number of benzene rings is 2. The fourth-order valence-electron chi connectivity index (χ4n) is 1.86. The molecule has 0 fully saturated rings. The third-order valence-corrected chi connectivity index (χ3v) is 2.89. The molecule has 2 rings (SSSR count). The Morgan fingerprint density at radius 2 is 1.95 bits per heavy atom. The summed E-state index contributed by atoms with van der Waals surface area (Å²) in [5.41, 5.74) is 7.02. The Bertz CT molecular complexity index is 629. The van der Waals surface area contributed by atoms with Crippen LogP contribution in [0.25, 0.3) is 0 Å². The van der Waals surface area contributed by atoms with E-state index >= 15 is 0 Å². The number of amidine groups is 1. The Labute approximate surface area is 116 Å². The van der Waals surface area contributed by atoms with Crippen LogP contribution in [0.15, 0.2) is 42.5 Å². The van der Waals surface area contributed by atoms with Gasteiger partial charge in [0.25, 0.3) is 0 Å². The molecule has 0 saturated carbocycles. The van der Waals surface area contributed by atoms with Gasteiger partial charge in [-0.2, -0.15) is 0 Å². The zero-order valence-electron chi connectivity index (χ0n) is 10.8. The lowest BCUT2D eigenvalue weighted by Gasteiger charge is -2.12. The molecule has 20 heavy (non-hydrogen) atoms. The number of rotatable bonds is 5. The number of hydrogen-bond donors (Lipinski definition) is 3. The maximum atomic E-state index is 13.2. The summed E-state index contributed by atoms with van der Waals surface area (Å²) in [4.78, 5) is 0. The molecule has 104 valence electrons. The van der Waals surface area contributed by atoms with E-state index in [-0.39, 0.29) is 19.0 Å². The fourth-order valence-corrected chi connectivity index (χ4v) is 1.86. The molecule has 0 aliphatic carbocycles. The molecule has 4 nitrogen and oxygen atoms in total. The fraction of sp³-hybridized carbons (Fsp3) is 0.133. The Hall–Kier alpha value is -2.40. The standard InChI is InChI=1S/C15H15FN2O2/c16-12-6-5-11(13(7-12)15(17)18)9-20-14-4-2-1-3-10(14)8-19/h1-7,19H,8-9H2,(H3,17,18). The van der Waals surface area contributed by atoms with E-state index in [1.807, 2.05) is 0 Å². The Balaban J connectivity index is 2.21. The molecule has 2 aromatic carbocycles. The van der Waals surface area contributed by atoms with Gasteiger partial charge in [0.1, 0.15) is 24.0 Å². The van der Waals surface area contributed by atoms with Crippen LogP contribution in [0.3, 0.4) is 0 Å². The molecule has 0 atom stereocenters. The molecule has 0 spiro atoms. The molecular formula is C15H15FN2O2. The van der Waals surface area contributed by atoms with Gasteiger partial charge in [-0.1, -0.05) is 24.3 Å². The molecule has 5 heteroatoms. The molecule has 0 radical (unpaired) electrons. The van der Waals surface area contributed by atoms with E-state index in [1.165, 1.54) is 18.2 Å². The third kappa shape index (κ3) is 3.13. The average molecular weight is 274 g/mol. The molecule has 0 aliphatic heterocycles. The Kier molecular flexibility index (Phi) is 4.32. The van der Waals surface area contributed by atoms with Crippen LogP contribution >= 0.6 is 0 Å². The lowest BCUT2D eigenvalue weighted by molar-refractivity contribution is 0.259. The predicted molar refractivity (Wildman–Crippen MR) is 74.1 cm³/mol. The largest absolute Gasteiger partial charge is 0.489 e. The van der Waals surface area contributed by atoms with Crippen LogP contribution in [0.1, 0.15) is 16.7 Å². The second-order valence-electron chi connectivity index (χ2n) is 4.27. The summed E-state index contributed by atoms with van der Waals surface area (Å²) in [5, 5.41) is 16.7. The minimum atomic E-state index is -0.449. The van der Waals surface area contributed by atoms with E-state index < -0.39 is 5.82 Å². The van der Waals surface area contributed by atoms with Crippen LogP contribution in [0, 0.1) is 11.2 Å². The highest BCUT2D eigenvalue weighted by Gasteiger charge is 2.09. The molecular weight excluding hydrogens is 259 g/mol. The topological polar surface area (TPSA) is 79.3 Å². The SMILES string of the molecule is N=C(N)c1cc(F)ccc1COc1ccccc1CO. The van der Waals surface area contributed by atoms with Gasteiger partial charge in [-0.15, -0.1) is 0 Å². The van der Waals surface area contributed by atoms with Crippen molar-refractivity contribution < 1.29 is 14.2 Å². The summed E-state index contributed by atoms with van der Waals surface area (Å²) < 4.78 is 18.8. The van der Waals surface area contributed by atoms with E-state index in [4.69, 9.17) is 15.9 Å². The Morgan fingerprint density at radius 3 is 2.65 bits per heavy atom. The van der Waals surface area contributed by atoms with Crippen molar-refractivity contribution in [2.45, 2.75) is 13.2 Å². The number of halogens is 1. The first-order chi connectivity index (χ1) is 9.61. The zero-order chi connectivity index (χ0) is 14.5. The molecule has 0 unspecified atom stereocenters. The van der Waals surface area contributed by atoms with Gasteiger partial charge in [-0.05, 0) is 18.2 Å². The first-order valence-corrected chi connectivity index (χ1v) is 6.06. The Morgan fingerprint density at radius 1 is 1.20 bits per heavy atom. The molecule has 0 aliphatic rings. The molecule has 0 amide bonds. The molecule has 0 saturated heterocycles. The molecule has 4 N–H and O–H groups in total. The van der Waals surface area contributed by atoms with Gasteiger partial charge < -0.3 is 15.6 Å². The summed E-state index contributed by atoms with van der Waals surface area (Å²) in [6.45, 7) is 0.0192. The first kappa shape index (κ1) is 14.0. The maximum Gasteiger partial charge on any atom is 0.125 e. The maximum absolute atomic E-state index is 13.2. The van der Waals surface area contributed by atoms with Crippen molar-refractivity contribution in [2.24, 2.45) is 5.73 Å². The highest BCUT2D eigenvalue weighted by atomic mass is 19.1. The van der Waals surface area contributed by atoms with Gasteiger partial charge in [0.15, 0.2) is 0 Å². The quantitative estimate of drug-likeness (QED) is 0.577. The van der Waals surface area contributed by atoms with Gasteiger partial charge in [0, 0.05) is 16.7 Å². The second kappa shape index (κ2) is 6.16. The van der Waals surface area contributed by atoms with Gasteiger partial charge >= 0.3 is 0 Å². The van der Waals surface area contributed by atoms with E-state index in [2.05, 4.69) is 0 Å². The average Bonchev–Trinajstić information content (AvgIpc) is 2.46. The second-order valence-corrected chi connectivity index (χ2v) is 4.27. The molecule has 0 heterocycles. The van der Waals surface area contributed by atoms with Crippen LogP contribution in [-0.2, 0) is 13.2 Å². The van der Waals surface area contributed by atoms with Crippen molar-refractivity contribution in [2.75, 3.05) is 0 Å². The first-order valence-electron chi connectivity index (χ1n) is 6.06. The van der Waals surface area contributed by atoms with E-state index in [9.17, 15) is 9.50 Å². The molecule has 2 aromatic rings. The van der Waals surface area contributed by atoms with Crippen LogP contribution < -0.4 is 10.5 Å². The summed E-state index contributed by atoms with van der Waals surface area (Å²) in [6, 6.07) is 11.1. The number of aliphatic hydroxyl groups excluding tert-OH is 1. The highest BCUT2D eigenvalue weighted by molar-refractivity contribution is 5.96. The number of nitrogens with one attached hydrogen (secondary N) is 1. The summed E-state index contributed by atoms with van der Waals surface area (Å²) >= 11 is 0. The van der Waals surface area contributed by atoms with Crippen LogP contribution in [0.4, 0.5) is 4.39 Å². The van der Waals surface area contributed by atoms with E-state index in [1.54, 1.807) is 24.3 Å². The van der Waals surface area contributed by atoms with E-state index in [0.29, 0.717) is 22.4 Å². The number of hydrogen-bond acceptors (Lipinski definition) is 3. The van der Waals surface area contributed by atoms with E-state index in [0.717, 1.165) is 0 Å².